The fourth-order valence-electron chi connectivity index (χ4n) is 5.88. The van der Waals surface area contributed by atoms with Crippen LogP contribution in [-0.2, 0) is 10.8 Å². The first-order valence-corrected chi connectivity index (χ1v) is 14.8. The molecule has 2 aromatic rings. The Morgan fingerprint density at radius 2 is 1.26 bits per heavy atom. The van der Waals surface area contributed by atoms with Crippen LogP contribution < -0.4 is 9.64 Å². The lowest BCUT2D eigenvalue weighted by atomic mass is 9.93. The predicted molar refractivity (Wildman–Crippen MR) is 144 cm³/mol. The van der Waals surface area contributed by atoms with E-state index in [4.69, 9.17) is 4.74 Å². The average molecular weight is 482 g/mol. The van der Waals surface area contributed by atoms with E-state index in [0.717, 1.165) is 29.2 Å². The molecule has 0 radical (unpaired) electrons. The smallest absolute Gasteiger partial charge is 0.142 e. The number of anilines is 1. The Labute approximate surface area is 209 Å². The topological polar surface area (TPSA) is 29.3 Å². The molecule has 1 spiro atoms. The molecule has 2 aliphatic rings. The number of rotatable bonds is 4. The molecule has 1 saturated carbocycles. The van der Waals surface area contributed by atoms with Gasteiger partial charge >= 0.3 is 0 Å². The number of hydrogen-bond donors (Lipinski definition) is 0. The summed E-state index contributed by atoms with van der Waals surface area (Å²) in [6.07, 6.45) is 18.2. The number of nitrogens with zero attached hydrogens (tertiary/aromatic N) is 1. The van der Waals surface area contributed by atoms with Gasteiger partial charge in [0, 0.05) is 4.90 Å². The van der Waals surface area contributed by atoms with Gasteiger partial charge in [0.1, 0.15) is 11.1 Å². The van der Waals surface area contributed by atoms with Crippen molar-refractivity contribution in [2.75, 3.05) is 12.0 Å². The molecule has 0 bridgehead atoms. The minimum absolute atomic E-state index is 0.0159. The summed E-state index contributed by atoms with van der Waals surface area (Å²) in [7, 11) is 0.668. The molecule has 3 nitrogen and oxygen atoms in total. The number of benzene rings is 2. The van der Waals surface area contributed by atoms with Crippen LogP contribution in [0.2, 0.25) is 0 Å². The van der Waals surface area contributed by atoms with E-state index in [9.17, 15) is 4.21 Å². The van der Waals surface area contributed by atoms with Crippen molar-refractivity contribution in [1.82, 2.24) is 0 Å². The van der Waals surface area contributed by atoms with Crippen LogP contribution in [0.5, 0.6) is 5.75 Å². The Hall–Kier alpha value is -1.81. The Morgan fingerprint density at radius 3 is 1.79 bits per heavy atom. The van der Waals surface area contributed by atoms with Gasteiger partial charge in [0.25, 0.3) is 0 Å². The summed E-state index contributed by atoms with van der Waals surface area (Å²) in [5.74, 6) is 0.890. The maximum Gasteiger partial charge on any atom is 0.142 e. The Morgan fingerprint density at radius 1 is 0.765 bits per heavy atom. The summed E-state index contributed by atoms with van der Waals surface area (Å²) < 4.78 is 19.8. The van der Waals surface area contributed by atoms with Crippen LogP contribution in [0.4, 0.5) is 5.69 Å². The van der Waals surface area contributed by atoms with Crippen LogP contribution in [0.25, 0.3) is 0 Å². The molecule has 1 heterocycles. The lowest BCUT2D eigenvalue weighted by Crippen LogP contribution is -2.21. The molecule has 186 valence electrons. The van der Waals surface area contributed by atoms with E-state index in [2.05, 4.69) is 48.2 Å². The van der Waals surface area contributed by atoms with Gasteiger partial charge in [-0.05, 0) is 44.0 Å². The van der Waals surface area contributed by atoms with Gasteiger partial charge in [-0.1, -0.05) is 107 Å². The summed E-state index contributed by atoms with van der Waals surface area (Å²) in [6, 6.07) is 16.6. The van der Waals surface area contributed by atoms with E-state index in [-0.39, 0.29) is 10.9 Å². The van der Waals surface area contributed by atoms with E-state index in [1.807, 2.05) is 12.1 Å². The molecule has 4 heteroatoms. The Bertz CT molecular complexity index is 910. The first-order chi connectivity index (χ1) is 16.7. The van der Waals surface area contributed by atoms with E-state index >= 15 is 0 Å². The number of para-hydroxylation sites is 2. The van der Waals surface area contributed by atoms with Crippen molar-refractivity contribution in [3.63, 3.8) is 0 Å². The fraction of sp³-hybridized carbons (Fsp3) is 0.600. The summed E-state index contributed by atoms with van der Waals surface area (Å²) in [4.78, 5) is 3.42. The highest BCUT2D eigenvalue weighted by Crippen LogP contribution is 2.56. The molecular weight excluding hydrogens is 438 g/mol. The third-order valence-corrected chi connectivity index (χ3v) is 9.67. The molecule has 2 unspecified atom stereocenters. The maximum absolute atomic E-state index is 14.0. The summed E-state index contributed by atoms with van der Waals surface area (Å²) in [6.45, 7) is 2.09. The fourth-order valence-corrected chi connectivity index (χ4v) is 7.74. The summed E-state index contributed by atoms with van der Waals surface area (Å²) >= 11 is 0. The largest absolute Gasteiger partial charge is 0.495 e. The molecule has 1 aliphatic heterocycles. The monoisotopic (exact) mass is 481 g/mol. The predicted octanol–water partition coefficient (Wildman–Crippen LogP) is 8.17. The highest BCUT2D eigenvalue weighted by Gasteiger charge is 2.65. The molecule has 0 aromatic heterocycles. The maximum atomic E-state index is 14.0. The van der Waals surface area contributed by atoms with Crippen LogP contribution in [0, 0.1) is 6.92 Å². The third-order valence-electron chi connectivity index (χ3n) is 7.88. The zero-order valence-electron chi connectivity index (χ0n) is 21.3. The quantitative estimate of drug-likeness (QED) is 0.412. The van der Waals surface area contributed by atoms with E-state index < -0.39 is 10.8 Å². The molecule has 1 aliphatic carbocycles. The second-order valence-corrected chi connectivity index (χ2v) is 11.9. The third kappa shape index (κ3) is 5.87. The molecule has 0 amide bonds. The van der Waals surface area contributed by atoms with Crippen molar-refractivity contribution in [2.45, 2.75) is 113 Å². The minimum Gasteiger partial charge on any atom is -0.495 e. The number of hydrogen-bond acceptors (Lipinski definition) is 3. The van der Waals surface area contributed by atoms with Crippen LogP contribution >= 0.6 is 0 Å². The standard InChI is InChI=1S/C30H43NO2S/c1-25-19-21-26(22-20-25)34(32)29-30(31(29)27-17-13-14-18-28(27)33-2)23-15-11-9-7-5-3-4-6-8-10-12-16-24-30/h13-14,17-22,29H,3-12,15-16,23-24H2,1-2H3. The lowest BCUT2D eigenvalue weighted by Gasteiger charge is -2.20. The molecular formula is C30H43NO2S. The van der Waals surface area contributed by atoms with Crippen LogP contribution in [0.3, 0.4) is 0 Å². The molecule has 2 atom stereocenters. The lowest BCUT2D eigenvalue weighted by molar-refractivity contribution is 0.414. The summed E-state index contributed by atoms with van der Waals surface area (Å²) in [5, 5.41) is 0.0159. The van der Waals surface area contributed by atoms with Crippen LogP contribution in [0.15, 0.2) is 53.4 Å². The van der Waals surface area contributed by atoms with Crippen molar-refractivity contribution in [3.8, 4) is 5.75 Å². The number of aryl methyl sites for hydroxylation is 1. The molecule has 34 heavy (non-hydrogen) atoms. The van der Waals surface area contributed by atoms with Gasteiger partial charge in [0.05, 0.1) is 29.1 Å². The highest BCUT2D eigenvalue weighted by molar-refractivity contribution is 7.86. The molecule has 1 saturated heterocycles. The Kier molecular flexibility index (Phi) is 9.10. The van der Waals surface area contributed by atoms with Crippen LogP contribution in [0.1, 0.15) is 95.5 Å². The second kappa shape index (κ2) is 12.2. The van der Waals surface area contributed by atoms with Crippen molar-refractivity contribution < 1.29 is 8.95 Å². The van der Waals surface area contributed by atoms with Gasteiger partial charge in [-0.15, -0.1) is 0 Å². The van der Waals surface area contributed by atoms with Gasteiger partial charge in [-0.2, -0.15) is 0 Å². The van der Waals surface area contributed by atoms with Crippen LogP contribution in [-0.4, -0.2) is 22.2 Å². The van der Waals surface area contributed by atoms with Crippen molar-refractivity contribution in [3.05, 3.63) is 54.1 Å². The van der Waals surface area contributed by atoms with Gasteiger partial charge < -0.3 is 9.64 Å². The first kappa shape index (κ1) is 25.3. The zero-order chi connectivity index (χ0) is 23.8. The molecule has 0 N–H and O–H groups in total. The Balaban J connectivity index is 1.62. The van der Waals surface area contributed by atoms with Gasteiger partial charge in [0.15, 0.2) is 0 Å². The highest BCUT2D eigenvalue weighted by atomic mass is 32.2. The molecule has 2 fully saturated rings. The van der Waals surface area contributed by atoms with Crippen molar-refractivity contribution in [2.24, 2.45) is 0 Å². The van der Waals surface area contributed by atoms with Crippen molar-refractivity contribution in [1.29, 1.82) is 0 Å². The molecule has 4 rings (SSSR count). The van der Waals surface area contributed by atoms with Crippen molar-refractivity contribution >= 4 is 16.5 Å². The van der Waals surface area contributed by atoms with E-state index in [1.165, 1.54) is 82.6 Å². The minimum atomic E-state index is -1.08. The van der Waals surface area contributed by atoms with Gasteiger partial charge in [0.2, 0.25) is 0 Å². The second-order valence-electron chi connectivity index (χ2n) is 10.4. The zero-order valence-corrected chi connectivity index (χ0v) is 22.1. The molecule has 2 aromatic carbocycles. The number of methoxy groups -OCH3 is 1. The first-order valence-electron chi connectivity index (χ1n) is 13.6. The average Bonchev–Trinajstić information content (AvgIpc) is 3.51. The SMILES string of the molecule is COc1ccccc1N1C(S(=O)c2ccc(C)cc2)C12CCCCCCCCCCCCCC2. The normalized spacial score (nSPS) is 23.0. The van der Waals surface area contributed by atoms with Gasteiger partial charge in [-0.3, -0.25) is 4.21 Å². The van der Waals surface area contributed by atoms with Gasteiger partial charge in [-0.25, -0.2) is 0 Å². The number of ether oxygens (including phenoxy) is 1. The van der Waals surface area contributed by atoms with E-state index in [1.54, 1.807) is 7.11 Å². The van der Waals surface area contributed by atoms with E-state index in [0.29, 0.717) is 0 Å². The summed E-state index contributed by atoms with van der Waals surface area (Å²) in [5.41, 5.74) is 2.28.